The third-order valence-corrected chi connectivity index (χ3v) is 4.19. The molecule has 2 heterocycles. The van der Waals surface area contributed by atoms with Gasteiger partial charge < -0.3 is 4.74 Å². The number of piperazine rings is 1. The molecule has 1 aromatic heterocycles. The average Bonchev–Trinajstić information content (AvgIpc) is 2.58. The first kappa shape index (κ1) is 14.9. The summed E-state index contributed by atoms with van der Waals surface area (Å²) in [5.41, 5.74) is 2.50. The van der Waals surface area contributed by atoms with Gasteiger partial charge in [-0.1, -0.05) is 30.3 Å². The summed E-state index contributed by atoms with van der Waals surface area (Å²) in [6.45, 7) is 4.02. The molecule has 0 bridgehead atoms. The molecule has 0 N–H and O–H groups in total. The van der Waals surface area contributed by atoms with E-state index in [1.54, 1.807) is 7.11 Å². The first-order valence-electron chi connectivity index (χ1n) is 7.58. The summed E-state index contributed by atoms with van der Waals surface area (Å²) in [6, 6.07) is 11.6. The van der Waals surface area contributed by atoms with Crippen molar-refractivity contribution in [3.05, 3.63) is 53.9 Å². The number of aromatic nitrogens is 2. The Morgan fingerprint density at radius 1 is 1.14 bits per heavy atom. The minimum atomic E-state index is 0.421. The fraction of sp³-hybridized carbons (Fsp3) is 0.412. The van der Waals surface area contributed by atoms with Crippen molar-refractivity contribution < 1.29 is 4.74 Å². The number of hydrogen-bond donors (Lipinski definition) is 0. The SMILES string of the molecule is COc1ncc(CN2CCN(C)[C@@H](c3ccccc3)C2)cn1. The number of benzene rings is 1. The molecule has 0 radical (unpaired) electrons. The van der Waals surface area contributed by atoms with Crippen LogP contribution in [0.3, 0.4) is 0 Å². The first-order chi connectivity index (χ1) is 10.8. The molecule has 1 atom stereocenters. The molecule has 0 saturated carbocycles. The summed E-state index contributed by atoms with van der Waals surface area (Å²) in [5, 5.41) is 0. The molecule has 0 spiro atoms. The molecule has 0 amide bonds. The van der Waals surface area contributed by atoms with Crippen molar-refractivity contribution in [1.29, 1.82) is 0 Å². The van der Waals surface area contributed by atoms with Gasteiger partial charge in [-0.15, -0.1) is 0 Å². The highest BCUT2D eigenvalue weighted by molar-refractivity contribution is 5.20. The van der Waals surface area contributed by atoms with Gasteiger partial charge in [0.15, 0.2) is 0 Å². The van der Waals surface area contributed by atoms with Crippen molar-refractivity contribution in [3.63, 3.8) is 0 Å². The van der Waals surface area contributed by atoms with Crippen LogP contribution in [-0.4, -0.2) is 53.6 Å². The monoisotopic (exact) mass is 298 g/mol. The van der Waals surface area contributed by atoms with E-state index in [1.807, 2.05) is 12.4 Å². The van der Waals surface area contributed by atoms with Gasteiger partial charge in [0.25, 0.3) is 0 Å². The maximum atomic E-state index is 5.01. The van der Waals surface area contributed by atoms with Gasteiger partial charge in [-0.05, 0) is 12.6 Å². The van der Waals surface area contributed by atoms with Gasteiger partial charge in [-0.3, -0.25) is 9.80 Å². The number of nitrogens with zero attached hydrogens (tertiary/aromatic N) is 4. The highest BCUT2D eigenvalue weighted by Gasteiger charge is 2.25. The van der Waals surface area contributed by atoms with Crippen molar-refractivity contribution in [2.24, 2.45) is 0 Å². The van der Waals surface area contributed by atoms with Gasteiger partial charge in [0.2, 0.25) is 0 Å². The van der Waals surface area contributed by atoms with Crippen LogP contribution in [0.4, 0.5) is 0 Å². The Morgan fingerprint density at radius 2 is 1.86 bits per heavy atom. The summed E-state index contributed by atoms with van der Waals surface area (Å²) >= 11 is 0. The summed E-state index contributed by atoms with van der Waals surface area (Å²) in [6.07, 6.45) is 3.70. The molecule has 0 aliphatic carbocycles. The van der Waals surface area contributed by atoms with Crippen LogP contribution in [0, 0.1) is 0 Å². The standard InChI is InChI=1S/C17H22N4O/c1-20-8-9-21(12-14-10-18-17(22-2)19-11-14)13-16(20)15-6-4-3-5-7-15/h3-7,10-11,16H,8-9,12-13H2,1-2H3/t16-/m1/s1. The summed E-state index contributed by atoms with van der Waals surface area (Å²) in [7, 11) is 3.78. The maximum absolute atomic E-state index is 5.01. The van der Waals surface area contributed by atoms with E-state index in [1.165, 1.54) is 5.56 Å². The van der Waals surface area contributed by atoms with E-state index in [0.29, 0.717) is 12.1 Å². The lowest BCUT2D eigenvalue weighted by molar-refractivity contribution is 0.0903. The molecule has 116 valence electrons. The number of methoxy groups -OCH3 is 1. The summed E-state index contributed by atoms with van der Waals surface area (Å²) < 4.78 is 5.01. The van der Waals surface area contributed by atoms with Crippen LogP contribution in [-0.2, 0) is 6.54 Å². The smallest absolute Gasteiger partial charge is 0.316 e. The molecule has 1 aliphatic rings. The third-order valence-electron chi connectivity index (χ3n) is 4.19. The number of likely N-dealkylation sites (N-methyl/N-ethyl adjacent to an activating group) is 1. The Bertz CT molecular complexity index is 587. The molecule has 1 fully saturated rings. The number of rotatable bonds is 4. The first-order valence-corrected chi connectivity index (χ1v) is 7.58. The van der Waals surface area contributed by atoms with Crippen LogP contribution in [0.1, 0.15) is 17.2 Å². The van der Waals surface area contributed by atoms with Crippen LogP contribution in [0.2, 0.25) is 0 Å². The molecule has 3 rings (SSSR count). The summed E-state index contributed by atoms with van der Waals surface area (Å²) in [4.78, 5) is 13.3. The quantitative estimate of drug-likeness (QED) is 0.863. The van der Waals surface area contributed by atoms with Crippen molar-refractivity contribution in [2.75, 3.05) is 33.8 Å². The predicted octanol–water partition coefficient (Wildman–Crippen LogP) is 1.97. The van der Waals surface area contributed by atoms with Gasteiger partial charge in [-0.2, -0.15) is 0 Å². The highest BCUT2D eigenvalue weighted by Crippen LogP contribution is 2.24. The number of ether oxygens (including phenoxy) is 1. The van der Waals surface area contributed by atoms with Crippen molar-refractivity contribution in [3.8, 4) is 6.01 Å². The van der Waals surface area contributed by atoms with E-state index in [4.69, 9.17) is 4.74 Å². The van der Waals surface area contributed by atoms with Crippen LogP contribution in [0.5, 0.6) is 6.01 Å². The molecule has 22 heavy (non-hydrogen) atoms. The van der Waals surface area contributed by atoms with Crippen LogP contribution < -0.4 is 4.74 Å². The van der Waals surface area contributed by atoms with Gasteiger partial charge in [0, 0.05) is 50.2 Å². The van der Waals surface area contributed by atoms with E-state index < -0.39 is 0 Å². The Labute approximate surface area is 131 Å². The van der Waals surface area contributed by atoms with Crippen LogP contribution in [0.25, 0.3) is 0 Å². The maximum Gasteiger partial charge on any atom is 0.316 e. The van der Waals surface area contributed by atoms with Crippen LogP contribution >= 0.6 is 0 Å². The largest absolute Gasteiger partial charge is 0.467 e. The summed E-state index contributed by atoms with van der Waals surface area (Å²) in [5.74, 6) is 0. The van der Waals surface area contributed by atoms with Gasteiger partial charge >= 0.3 is 6.01 Å². The van der Waals surface area contributed by atoms with E-state index >= 15 is 0 Å². The minimum absolute atomic E-state index is 0.421. The molecule has 5 nitrogen and oxygen atoms in total. The number of hydrogen-bond acceptors (Lipinski definition) is 5. The van der Waals surface area contributed by atoms with E-state index in [9.17, 15) is 0 Å². The van der Waals surface area contributed by atoms with Crippen LogP contribution in [0.15, 0.2) is 42.7 Å². The molecular formula is C17H22N4O. The average molecular weight is 298 g/mol. The molecule has 1 aromatic carbocycles. The molecule has 5 heteroatoms. The third kappa shape index (κ3) is 3.43. The second-order valence-electron chi connectivity index (χ2n) is 5.72. The molecule has 0 unspecified atom stereocenters. The lowest BCUT2D eigenvalue weighted by Crippen LogP contribution is -2.46. The fourth-order valence-corrected chi connectivity index (χ4v) is 2.90. The zero-order valence-corrected chi connectivity index (χ0v) is 13.1. The van der Waals surface area contributed by atoms with Crippen molar-refractivity contribution >= 4 is 0 Å². The fourth-order valence-electron chi connectivity index (χ4n) is 2.90. The van der Waals surface area contributed by atoms with Crippen molar-refractivity contribution in [2.45, 2.75) is 12.6 Å². The Hall–Kier alpha value is -1.98. The zero-order valence-electron chi connectivity index (χ0n) is 13.1. The Morgan fingerprint density at radius 3 is 2.55 bits per heavy atom. The normalized spacial score (nSPS) is 20.0. The minimum Gasteiger partial charge on any atom is -0.467 e. The van der Waals surface area contributed by atoms with Gasteiger partial charge in [0.05, 0.1) is 7.11 Å². The second kappa shape index (κ2) is 6.85. The highest BCUT2D eigenvalue weighted by atomic mass is 16.5. The Kier molecular flexibility index (Phi) is 4.65. The molecule has 1 saturated heterocycles. The Balaban J connectivity index is 1.67. The van der Waals surface area contributed by atoms with E-state index in [2.05, 4.69) is 57.1 Å². The topological polar surface area (TPSA) is 41.5 Å². The molecular weight excluding hydrogens is 276 g/mol. The predicted molar refractivity (Wildman–Crippen MR) is 85.7 cm³/mol. The van der Waals surface area contributed by atoms with E-state index in [0.717, 1.165) is 31.7 Å². The zero-order chi connectivity index (χ0) is 15.4. The van der Waals surface area contributed by atoms with Gasteiger partial charge in [-0.25, -0.2) is 9.97 Å². The molecule has 1 aliphatic heterocycles. The lowest BCUT2D eigenvalue weighted by atomic mass is 10.0. The van der Waals surface area contributed by atoms with Gasteiger partial charge in [0.1, 0.15) is 0 Å². The second-order valence-corrected chi connectivity index (χ2v) is 5.72. The van der Waals surface area contributed by atoms with Crippen molar-refractivity contribution in [1.82, 2.24) is 19.8 Å². The molecule has 2 aromatic rings. The van der Waals surface area contributed by atoms with E-state index in [-0.39, 0.29) is 0 Å². The lowest BCUT2D eigenvalue weighted by Gasteiger charge is -2.39.